The van der Waals surface area contributed by atoms with E-state index >= 15 is 0 Å². The summed E-state index contributed by atoms with van der Waals surface area (Å²) >= 11 is 0. The van der Waals surface area contributed by atoms with Gasteiger partial charge in [-0.3, -0.25) is 14.8 Å². The predicted molar refractivity (Wildman–Crippen MR) is 135 cm³/mol. The maximum absolute atomic E-state index is 15.0. The van der Waals surface area contributed by atoms with Crippen molar-refractivity contribution in [2.75, 3.05) is 25.0 Å². The molecule has 0 aliphatic carbocycles. The van der Waals surface area contributed by atoms with Crippen molar-refractivity contribution in [2.24, 2.45) is 10.1 Å². The third kappa shape index (κ3) is 4.81. The first-order valence-corrected chi connectivity index (χ1v) is 12.1. The fourth-order valence-corrected chi connectivity index (χ4v) is 4.70. The van der Waals surface area contributed by atoms with E-state index in [1.807, 2.05) is 19.1 Å². The van der Waals surface area contributed by atoms with Gasteiger partial charge in [0, 0.05) is 30.4 Å². The number of aromatic nitrogens is 2. The molecule has 182 valence electrons. The van der Waals surface area contributed by atoms with E-state index in [-0.39, 0.29) is 17.6 Å². The van der Waals surface area contributed by atoms with Gasteiger partial charge >= 0.3 is 0 Å². The van der Waals surface area contributed by atoms with E-state index in [0.717, 1.165) is 37.2 Å². The van der Waals surface area contributed by atoms with Gasteiger partial charge in [-0.2, -0.15) is 10.2 Å². The van der Waals surface area contributed by atoms with Crippen LogP contribution in [0.4, 0.5) is 10.2 Å². The van der Waals surface area contributed by atoms with Crippen LogP contribution in [-0.2, 0) is 4.79 Å². The summed E-state index contributed by atoms with van der Waals surface area (Å²) in [6, 6.07) is 7.40. The van der Waals surface area contributed by atoms with E-state index in [0.29, 0.717) is 35.4 Å². The van der Waals surface area contributed by atoms with Crippen LogP contribution in [0.25, 0.3) is 5.69 Å². The number of anilines is 1. The molecule has 0 atom stereocenters. The third-order valence-corrected chi connectivity index (χ3v) is 6.76. The van der Waals surface area contributed by atoms with Gasteiger partial charge in [0.25, 0.3) is 5.91 Å². The number of nitrogens with zero attached hydrogens (tertiary/aromatic N) is 6. The van der Waals surface area contributed by atoms with Gasteiger partial charge in [0.2, 0.25) is 0 Å². The summed E-state index contributed by atoms with van der Waals surface area (Å²) in [7, 11) is 0. The zero-order valence-corrected chi connectivity index (χ0v) is 20.3. The topological polar surface area (TPSA) is 78.1 Å². The highest BCUT2D eigenvalue weighted by Crippen LogP contribution is 2.32. The fourth-order valence-electron chi connectivity index (χ4n) is 4.70. The molecular weight excluding hydrogens is 445 g/mol. The fraction of sp³-hybridized carbons (Fsp3) is 0.385. The lowest BCUT2D eigenvalue weighted by Crippen LogP contribution is -2.37. The Hall–Kier alpha value is -3.59. The standard InChI is InChI=1S/C26H30FN7O/c1-17(2)32-11-7-19(8-12-32)22-14-25(34(31-22)24-6-5-18(3)13-21(24)27)30-26(35)20-15-29-33-10-4-9-28-23(20)16-33/h4-6,9-10,13-15,17,19H,7-8,11-12,16H2,1-3H3,(H,30,35). The molecule has 8 nitrogen and oxygen atoms in total. The van der Waals surface area contributed by atoms with Crippen molar-refractivity contribution in [3.63, 3.8) is 0 Å². The Bertz CT molecular complexity index is 1250. The van der Waals surface area contributed by atoms with Crippen LogP contribution in [0.3, 0.4) is 0 Å². The van der Waals surface area contributed by atoms with Crippen LogP contribution in [0.1, 0.15) is 43.9 Å². The van der Waals surface area contributed by atoms with E-state index in [2.05, 4.69) is 34.2 Å². The van der Waals surface area contributed by atoms with Crippen molar-refractivity contribution < 1.29 is 9.18 Å². The van der Waals surface area contributed by atoms with Gasteiger partial charge in [-0.05, 0) is 70.5 Å². The highest BCUT2D eigenvalue weighted by atomic mass is 19.1. The van der Waals surface area contributed by atoms with Gasteiger partial charge in [-0.1, -0.05) is 6.07 Å². The van der Waals surface area contributed by atoms with Crippen molar-refractivity contribution in [1.29, 1.82) is 0 Å². The second-order valence-electron chi connectivity index (χ2n) is 9.50. The van der Waals surface area contributed by atoms with Crippen LogP contribution in [0.15, 0.2) is 57.9 Å². The molecule has 9 heteroatoms. The molecule has 1 aromatic carbocycles. The van der Waals surface area contributed by atoms with Gasteiger partial charge in [0.05, 0.1) is 29.7 Å². The Labute approximate surface area is 204 Å². The summed E-state index contributed by atoms with van der Waals surface area (Å²) in [6.45, 7) is 8.66. The lowest BCUT2D eigenvalue weighted by molar-refractivity contribution is -0.112. The number of benzene rings is 1. The van der Waals surface area contributed by atoms with Crippen LogP contribution in [0.5, 0.6) is 0 Å². The number of allylic oxidation sites excluding steroid dienone is 1. The van der Waals surface area contributed by atoms with Gasteiger partial charge in [-0.15, -0.1) is 0 Å². The number of nitrogens with one attached hydrogen (secondary N) is 1. The number of rotatable bonds is 5. The van der Waals surface area contributed by atoms with Crippen molar-refractivity contribution in [3.8, 4) is 5.69 Å². The van der Waals surface area contributed by atoms with Crippen LogP contribution in [0.2, 0.25) is 0 Å². The van der Waals surface area contributed by atoms with Crippen molar-refractivity contribution in [3.05, 3.63) is 64.9 Å². The van der Waals surface area contributed by atoms with Crippen LogP contribution in [0, 0.1) is 12.7 Å². The van der Waals surface area contributed by atoms with Crippen molar-refractivity contribution in [1.82, 2.24) is 19.7 Å². The molecule has 1 saturated heterocycles. The Morgan fingerprint density at radius 3 is 2.74 bits per heavy atom. The number of carbonyl (C=O) groups excluding carboxylic acids is 1. The molecule has 0 saturated carbocycles. The number of hydrogen-bond donors (Lipinski definition) is 1. The lowest BCUT2D eigenvalue weighted by Gasteiger charge is -2.33. The quantitative estimate of drug-likeness (QED) is 0.709. The largest absolute Gasteiger partial charge is 0.306 e. The van der Waals surface area contributed by atoms with Crippen LogP contribution in [-0.4, -0.2) is 63.7 Å². The van der Waals surface area contributed by atoms with E-state index in [1.165, 1.54) is 17.0 Å². The molecule has 0 radical (unpaired) electrons. The van der Waals surface area contributed by atoms with E-state index in [1.54, 1.807) is 29.6 Å². The zero-order valence-electron chi connectivity index (χ0n) is 20.3. The highest BCUT2D eigenvalue weighted by Gasteiger charge is 2.27. The molecule has 5 rings (SSSR count). The summed E-state index contributed by atoms with van der Waals surface area (Å²) in [5, 5.41) is 13.7. The molecule has 3 aliphatic heterocycles. The van der Waals surface area contributed by atoms with Gasteiger partial charge in [-0.25, -0.2) is 9.07 Å². The molecule has 0 unspecified atom stereocenters. The minimum atomic E-state index is -0.388. The number of hydrazone groups is 1. The second-order valence-corrected chi connectivity index (χ2v) is 9.50. The smallest absolute Gasteiger partial charge is 0.260 e. The lowest BCUT2D eigenvalue weighted by atomic mass is 9.93. The maximum Gasteiger partial charge on any atom is 0.260 e. The number of hydrogen-bond acceptors (Lipinski definition) is 6. The van der Waals surface area contributed by atoms with Crippen molar-refractivity contribution in [2.45, 2.75) is 45.6 Å². The molecule has 1 N–H and O–H groups in total. The predicted octanol–water partition coefficient (Wildman–Crippen LogP) is 4.00. The molecule has 2 bridgehead atoms. The minimum Gasteiger partial charge on any atom is -0.306 e. The average Bonchev–Trinajstić information content (AvgIpc) is 3.15. The number of aryl methyl sites for hydroxylation is 1. The molecule has 1 aromatic heterocycles. The monoisotopic (exact) mass is 475 g/mol. The first kappa shape index (κ1) is 23.2. The van der Waals surface area contributed by atoms with E-state index in [4.69, 9.17) is 5.10 Å². The molecular formula is C26H30FN7O. The number of piperidine rings is 1. The maximum atomic E-state index is 15.0. The molecule has 1 amide bonds. The molecule has 2 aromatic rings. The molecule has 35 heavy (non-hydrogen) atoms. The number of carbonyl (C=O) groups is 1. The summed E-state index contributed by atoms with van der Waals surface area (Å²) in [4.78, 5) is 20.1. The molecule has 0 spiro atoms. The van der Waals surface area contributed by atoms with E-state index < -0.39 is 0 Å². The Balaban J connectivity index is 1.47. The normalized spacial score (nSPS) is 18.5. The number of likely N-dealkylation sites (tertiary alicyclic amines) is 1. The number of aliphatic imine (C=N–C) groups is 1. The summed E-state index contributed by atoms with van der Waals surface area (Å²) < 4.78 is 16.5. The number of fused-ring (bicyclic) bond motifs is 2. The van der Waals surface area contributed by atoms with Crippen LogP contribution < -0.4 is 5.32 Å². The van der Waals surface area contributed by atoms with Gasteiger partial charge in [0.1, 0.15) is 17.3 Å². The molecule has 1 fully saturated rings. The SMILES string of the molecule is Cc1ccc(-n2nc(C3CCN(C(C)C)CC3)cc2NC(=O)C2=C3CN(C=CC=N3)N=C2)c(F)c1. The number of amides is 1. The zero-order chi connectivity index (χ0) is 24.5. The molecule has 3 aliphatic rings. The van der Waals surface area contributed by atoms with E-state index in [9.17, 15) is 9.18 Å². The van der Waals surface area contributed by atoms with Crippen molar-refractivity contribution >= 4 is 24.2 Å². The summed E-state index contributed by atoms with van der Waals surface area (Å²) in [6.07, 6.45) is 8.67. The summed E-state index contributed by atoms with van der Waals surface area (Å²) in [5.41, 5.74) is 2.98. The summed E-state index contributed by atoms with van der Waals surface area (Å²) in [5.74, 6) is -0.0584. The number of halogens is 1. The minimum absolute atomic E-state index is 0.250. The van der Waals surface area contributed by atoms with Crippen LogP contribution >= 0.6 is 0 Å². The highest BCUT2D eigenvalue weighted by molar-refractivity contribution is 6.18. The Morgan fingerprint density at radius 1 is 1.20 bits per heavy atom. The van der Waals surface area contributed by atoms with Gasteiger partial charge < -0.3 is 10.2 Å². The second kappa shape index (κ2) is 9.58. The third-order valence-electron chi connectivity index (χ3n) is 6.76. The Kier molecular flexibility index (Phi) is 6.34. The average molecular weight is 476 g/mol. The van der Waals surface area contributed by atoms with Gasteiger partial charge in [0.15, 0.2) is 0 Å². The molecule has 4 heterocycles. The Morgan fingerprint density at radius 2 is 2.00 bits per heavy atom. The first-order valence-electron chi connectivity index (χ1n) is 12.1. The first-order chi connectivity index (χ1) is 16.9.